The molecule has 1 fully saturated rings. The largest absolute Gasteiger partial charge is 0.396 e. The van der Waals surface area contributed by atoms with Gasteiger partial charge in [-0.3, -0.25) is 4.79 Å². The molecule has 1 amide bonds. The number of nitrogens with one attached hydrogen (secondary N) is 1. The van der Waals surface area contributed by atoms with Gasteiger partial charge >= 0.3 is 0 Å². The minimum Gasteiger partial charge on any atom is -0.396 e. The summed E-state index contributed by atoms with van der Waals surface area (Å²) in [6.45, 7) is 1.74. The lowest BCUT2D eigenvalue weighted by Gasteiger charge is -2.27. The van der Waals surface area contributed by atoms with Gasteiger partial charge in [-0.15, -0.1) is 0 Å². The number of hydrogen-bond donors (Lipinski definition) is 3. The smallest absolute Gasteiger partial charge is 0.223 e. The fourth-order valence-electron chi connectivity index (χ4n) is 1.72. The quantitative estimate of drug-likeness (QED) is 0.515. The third-order valence-electron chi connectivity index (χ3n) is 2.51. The zero-order chi connectivity index (χ0) is 8.97. The Labute approximate surface area is 72.1 Å². The highest BCUT2D eigenvalue weighted by atomic mass is 16.3. The molecule has 1 atom stereocenters. The summed E-state index contributed by atoms with van der Waals surface area (Å²) in [6, 6.07) is 0. The first-order chi connectivity index (χ1) is 5.75. The van der Waals surface area contributed by atoms with Crippen LogP contribution in [0, 0.1) is 11.8 Å². The number of primary amides is 1. The van der Waals surface area contributed by atoms with Gasteiger partial charge in [-0.2, -0.15) is 0 Å². The molecule has 1 aliphatic rings. The van der Waals surface area contributed by atoms with E-state index in [2.05, 4.69) is 5.32 Å². The van der Waals surface area contributed by atoms with Crippen LogP contribution in [0.3, 0.4) is 0 Å². The van der Waals surface area contributed by atoms with Crippen molar-refractivity contribution in [2.24, 2.45) is 17.6 Å². The van der Waals surface area contributed by atoms with Crippen LogP contribution in [0.5, 0.6) is 0 Å². The summed E-state index contributed by atoms with van der Waals surface area (Å²) in [4.78, 5) is 10.9. The number of nitrogens with two attached hydrogens (primary N) is 1. The maximum absolute atomic E-state index is 10.9. The molecule has 0 aromatic carbocycles. The standard InChI is InChI=1S/C8H16N2O2/c9-8(12)7(5-11)6-1-3-10-4-2-6/h6-7,10-11H,1-5H2,(H2,9,12). The third-order valence-corrected chi connectivity index (χ3v) is 2.51. The van der Waals surface area contributed by atoms with E-state index in [0.717, 1.165) is 25.9 Å². The highest BCUT2D eigenvalue weighted by Gasteiger charge is 2.26. The number of hydrogen-bond acceptors (Lipinski definition) is 3. The van der Waals surface area contributed by atoms with Gasteiger partial charge in [0.2, 0.25) is 5.91 Å². The molecule has 4 nitrogen and oxygen atoms in total. The monoisotopic (exact) mass is 172 g/mol. The lowest BCUT2D eigenvalue weighted by molar-refractivity contribution is -0.125. The molecular formula is C8H16N2O2. The van der Waals surface area contributed by atoms with Crippen molar-refractivity contribution in [3.05, 3.63) is 0 Å². The zero-order valence-electron chi connectivity index (χ0n) is 7.12. The van der Waals surface area contributed by atoms with Gasteiger partial charge in [0, 0.05) is 0 Å². The van der Waals surface area contributed by atoms with E-state index >= 15 is 0 Å². The molecule has 0 radical (unpaired) electrons. The van der Waals surface area contributed by atoms with E-state index in [9.17, 15) is 4.79 Å². The number of rotatable bonds is 3. The SMILES string of the molecule is NC(=O)C(CO)C1CCNCC1. The van der Waals surface area contributed by atoms with E-state index in [1.54, 1.807) is 0 Å². The predicted molar refractivity (Wildman–Crippen MR) is 45.4 cm³/mol. The summed E-state index contributed by atoms with van der Waals surface area (Å²) in [5, 5.41) is 12.1. The molecule has 0 saturated carbocycles. The average Bonchev–Trinajstić information content (AvgIpc) is 2.07. The van der Waals surface area contributed by atoms with Gasteiger partial charge in [-0.05, 0) is 31.8 Å². The lowest BCUT2D eigenvalue weighted by atomic mass is 9.85. The molecule has 1 unspecified atom stereocenters. The molecule has 4 N–H and O–H groups in total. The zero-order valence-corrected chi connectivity index (χ0v) is 7.12. The Morgan fingerprint density at radius 3 is 2.58 bits per heavy atom. The molecule has 1 aliphatic heterocycles. The van der Waals surface area contributed by atoms with E-state index in [1.165, 1.54) is 0 Å². The fraction of sp³-hybridized carbons (Fsp3) is 0.875. The molecule has 1 saturated heterocycles. The van der Waals surface area contributed by atoms with Crippen LogP contribution in [-0.4, -0.2) is 30.7 Å². The highest BCUT2D eigenvalue weighted by Crippen LogP contribution is 2.21. The summed E-state index contributed by atoms with van der Waals surface area (Å²) in [5.41, 5.74) is 5.16. The Bertz CT molecular complexity index is 155. The Balaban J connectivity index is 2.46. The summed E-state index contributed by atoms with van der Waals surface area (Å²) in [5.74, 6) is -0.440. The third kappa shape index (κ3) is 2.19. The van der Waals surface area contributed by atoms with Crippen molar-refractivity contribution < 1.29 is 9.90 Å². The van der Waals surface area contributed by atoms with Gasteiger partial charge in [0.15, 0.2) is 0 Å². The van der Waals surface area contributed by atoms with Crippen molar-refractivity contribution in [1.82, 2.24) is 5.32 Å². The lowest BCUT2D eigenvalue weighted by Crippen LogP contribution is -2.39. The molecule has 0 bridgehead atoms. The normalized spacial score (nSPS) is 22.1. The van der Waals surface area contributed by atoms with Gasteiger partial charge in [-0.25, -0.2) is 0 Å². The van der Waals surface area contributed by atoms with Crippen LogP contribution >= 0.6 is 0 Å². The van der Waals surface area contributed by atoms with E-state index in [0.29, 0.717) is 0 Å². The van der Waals surface area contributed by atoms with Crippen LogP contribution in [0.1, 0.15) is 12.8 Å². The van der Waals surface area contributed by atoms with Crippen molar-refractivity contribution in [3.8, 4) is 0 Å². The summed E-state index contributed by atoms with van der Waals surface area (Å²) in [7, 11) is 0. The molecule has 4 heteroatoms. The van der Waals surface area contributed by atoms with E-state index < -0.39 is 0 Å². The highest BCUT2D eigenvalue weighted by molar-refractivity contribution is 5.77. The van der Waals surface area contributed by atoms with E-state index in [1.807, 2.05) is 0 Å². The van der Waals surface area contributed by atoms with Gasteiger partial charge in [0.25, 0.3) is 0 Å². The molecule has 70 valence electrons. The molecule has 12 heavy (non-hydrogen) atoms. The molecule has 1 heterocycles. The second kappa shape index (κ2) is 4.42. The number of carbonyl (C=O) groups is 1. The first-order valence-electron chi connectivity index (χ1n) is 4.36. The number of carbonyl (C=O) groups excluding carboxylic acids is 1. The van der Waals surface area contributed by atoms with Crippen LogP contribution in [0.2, 0.25) is 0 Å². The first kappa shape index (κ1) is 9.48. The van der Waals surface area contributed by atoms with Gasteiger partial charge in [0.1, 0.15) is 0 Å². The molecular weight excluding hydrogens is 156 g/mol. The van der Waals surface area contributed by atoms with Gasteiger partial charge < -0.3 is 16.2 Å². The minimum atomic E-state index is -0.371. The van der Waals surface area contributed by atoms with Crippen molar-refractivity contribution in [2.75, 3.05) is 19.7 Å². The summed E-state index contributed by atoms with van der Waals surface area (Å²) >= 11 is 0. The second-order valence-corrected chi connectivity index (χ2v) is 3.28. The summed E-state index contributed by atoms with van der Waals surface area (Å²) in [6.07, 6.45) is 1.88. The van der Waals surface area contributed by atoms with Crippen molar-refractivity contribution in [2.45, 2.75) is 12.8 Å². The number of aliphatic hydroxyl groups is 1. The van der Waals surface area contributed by atoms with Crippen LogP contribution in [0.15, 0.2) is 0 Å². The molecule has 1 rings (SSSR count). The fourth-order valence-corrected chi connectivity index (χ4v) is 1.72. The van der Waals surface area contributed by atoms with Crippen LogP contribution in [-0.2, 0) is 4.79 Å². The summed E-state index contributed by atoms with van der Waals surface area (Å²) < 4.78 is 0. The maximum Gasteiger partial charge on any atom is 0.223 e. The van der Waals surface area contributed by atoms with Crippen molar-refractivity contribution in [1.29, 1.82) is 0 Å². The number of amides is 1. The Morgan fingerprint density at radius 1 is 1.58 bits per heavy atom. The maximum atomic E-state index is 10.9. The topological polar surface area (TPSA) is 75.4 Å². The van der Waals surface area contributed by atoms with Crippen molar-refractivity contribution >= 4 is 5.91 Å². The van der Waals surface area contributed by atoms with Crippen LogP contribution in [0.25, 0.3) is 0 Å². The van der Waals surface area contributed by atoms with Crippen LogP contribution in [0.4, 0.5) is 0 Å². The Kier molecular flexibility index (Phi) is 3.49. The van der Waals surface area contributed by atoms with Crippen molar-refractivity contribution in [3.63, 3.8) is 0 Å². The van der Waals surface area contributed by atoms with E-state index in [-0.39, 0.29) is 24.3 Å². The molecule has 0 aromatic rings. The van der Waals surface area contributed by atoms with Gasteiger partial charge in [-0.1, -0.05) is 0 Å². The molecule has 0 aliphatic carbocycles. The Hall–Kier alpha value is -0.610. The average molecular weight is 172 g/mol. The molecule has 0 aromatic heterocycles. The van der Waals surface area contributed by atoms with Gasteiger partial charge in [0.05, 0.1) is 12.5 Å². The second-order valence-electron chi connectivity index (χ2n) is 3.28. The van der Waals surface area contributed by atoms with Crippen LogP contribution < -0.4 is 11.1 Å². The first-order valence-corrected chi connectivity index (χ1v) is 4.36. The Morgan fingerprint density at radius 2 is 2.17 bits per heavy atom. The minimum absolute atomic E-state index is 0.111. The number of piperidine rings is 1. The van der Waals surface area contributed by atoms with E-state index in [4.69, 9.17) is 10.8 Å². The number of aliphatic hydroxyl groups excluding tert-OH is 1. The predicted octanol–water partition coefficient (Wildman–Crippen LogP) is -0.920. The molecule has 0 spiro atoms.